The van der Waals surface area contributed by atoms with Gasteiger partial charge in [-0.05, 0) is 18.2 Å². The van der Waals surface area contributed by atoms with Gasteiger partial charge in [-0.25, -0.2) is 19.2 Å². The summed E-state index contributed by atoms with van der Waals surface area (Å²) in [6.45, 7) is 0.198. The quantitative estimate of drug-likeness (QED) is 0.451. The van der Waals surface area contributed by atoms with Crippen LogP contribution in [0, 0.1) is 5.82 Å². The van der Waals surface area contributed by atoms with E-state index >= 15 is 0 Å². The predicted molar refractivity (Wildman–Crippen MR) is 113 cm³/mol. The summed E-state index contributed by atoms with van der Waals surface area (Å²) in [6, 6.07) is 4.45. The van der Waals surface area contributed by atoms with Crippen LogP contribution in [0.25, 0.3) is 16.9 Å². The molecule has 4 aromatic rings. The maximum absolute atomic E-state index is 14.9. The van der Waals surface area contributed by atoms with E-state index in [1.807, 2.05) is 0 Å². The van der Waals surface area contributed by atoms with Gasteiger partial charge in [0.05, 0.1) is 42.0 Å². The van der Waals surface area contributed by atoms with Crippen LogP contribution in [0.5, 0.6) is 11.5 Å². The Morgan fingerprint density at radius 2 is 2.06 bits per heavy atom. The lowest BCUT2D eigenvalue weighted by atomic mass is 9.95. The molecular formula is C21H14ClFN6O4. The summed E-state index contributed by atoms with van der Waals surface area (Å²) in [5.74, 6) is 0.128. The number of fused-ring (bicyclic) bond motifs is 3. The third-order valence-corrected chi connectivity index (χ3v) is 6.06. The van der Waals surface area contributed by atoms with E-state index in [0.717, 1.165) is 4.90 Å². The molecule has 1 atom stereocenters. The average Bonchev–Trinajstić information content (AvgIpc) is 3.45. The van der Waals surface area contributed by atoms with Crippen molar-refractivity contribution < 1.29 is 23.8 Å². The Labute approximate surface area is 190 Å². The van der Waals surface area contributed by atoms with E-state index in [9.17, 15) is 14.3 Å². The minimum absolute atomic E-state index is 0.147. The van der Waals surface area contributed by atoms with Gasteiger partial charge in [-0.15, -0.1) is 10.2 Å². The summed E-state index contributed by atoms with van der Waals surface area (Å²) in [6.07, 6.45) is 2.86. The Hall–Kier alpha value is -3.99. The third kappa shape index (κ3) is 2.96. The van der Waals surface area contributed by atoms with Crippen molar-refractivity contribution in [3.63, 3.8) is 0 Å². The number of aromatic nitrogens is 5. The highest BCUT2D eigenvalue weighted by atomic mass is 35.5. The van der Waals surface area contributed by atoms with E-state index in [2.05, 4.69) is 20.2 Å². The number of rotatable bonds is 1. The minimum Gasteiger partial charge on any atom is -0.493 e. The smallest absolute Gasteiger partial charge is 0.413 e. The number of anilines is 1. The number of nitrogens with zero attached hydrogens (tertiary/aromatic N) is 6. The van der Waals surface area contributed by atoms with Crippen LogP contribution >= 0.6 is 11.6 Å². The second-order valence-corrected chi connectivity index (χ2v) is 8.02. The number of hydrogen-bond acceptors (Lipinski definition) is 7. The summed E-state index contributed by atoms with van der Waals surface area (Å²) < 4.78 is 28.2. The molecule has 1 aromatic carbocycles. The first-order valence-electron chi connectivity index (χ1n) is 9.93. The van der Waals surface area contributed by atoms with E-state index in [1.165, 1.54) is 29.3 Å². The molecule has 3 aromatic heterocycles. The van der Waals surface area contributed by atoms with Gasteiger partial charge in [-0.1, -0.05) is 11.6 Å². The van der Waals surface area contributed by atoms with Gasteiger partial charge in [0, 0.05) is 17.3 Å². The van der Waals surface area contributed by atoms with Gasteiger partial charge < -0.3 is 14.6 Å². The molecule has 0 unspecified atom stereocenters. The van der Waals surface area contributed by atoms with Gasteiger partial charge in [-0.3, -0.25) is 9.30 Å². The molecule has 2 aliphatic heterocycles. The summed E-state index contributed by atoms with van der Waals surface area (Å²) in [4.78, 5) is 21.6. The molecule has 10 nitrogen and oxygen atoms in total. The number of ether oxygens (including phenoxy) is 2. The second kappa shape index (κ2) is 7.27. The van der Waals surface area contributed by atoms with Crippen molar-refractivity contribution in [3.8, 4) is 22.8 Å². The Kier molecular flexibility index (Phi) is 4.34. The Morgan fingerprint density at radius 3 is 2.85 bits per heavy atom. The largest absolute Gasteiger partial charge is 0.493 e. The molecule has 0 bridgehead atoms. The first kappa shape index (κ1) is 19.7. The van der Waals surface area contributed by atoms with Crippen molar-refractivity contribution >= 4 is 29.2 Å². The number of halogens is 2. The van der Waals surface area contributed by atoms with E-state index in [1.54, 1.807) is 12.1 Å². The Bertz CT molecular complexity index is 1440. The van der Waals surface area contributed by atoms with E-state index in [4.69, 9.17) is 21.1 Å². The normalized spacial score (nSPS) is 16.8. The lowest BCUT2D eigenvalue weighted by Gasteiger charge is -2.23. The third-order valence-electron chi connectivity index (χ3n) is 5.79. The van der Waals surface area contributed by atoms with Crippen molar-refractivity contribution in [2.45, 2.75) is 12.5 Å². The molecule has 0 radical (unpaired) electrons. The van der Waals surface area contributed by atoms with E-state index < -0.39 is 11.9 Å². The van der Waals surface area contributed by atoms with Crippen LogP contribution < -0.4 is 14.4 Å². The topological polar surface area (TPSA) is 115 Å². The van der Waals surface area contributed by atoms with Crippen LogP contribution in [-0.4, -0.2) is 49.0 Å². The SMILES string of the molecule is O=C(O)N1Cc2c(F)ccc3c2[C@@H](CO3)COc2cc(-c3ncncc3Cl)c3nncn3c21. The van der Waals surface area contributed by atoms with Gasteiger partial charge in [-0.2, -0.15) is 0 Å². The number of amides is 1. The number of carboxylic acid groups (broad SMARTS) is 1. The van der Waals surface area contributed by atoms with Crippen LogP contribution in [0.4, 0.5) is 15.0 Å². The summed E-state index contributed by atoms with van der Waals surface area (Å²) in [7, 11) is 0. The fraction of sp³-hybridized carbons (Fsp3) is 0.190. The molecule has 0 spiro atoms. The summed E-state index contributed by atoms with van der Waals surface area (Å²) >= 11 is 6.32. The predicted octanol–water partition coefficient (Wildman–Crippen LogP) is 3.53. The van der Waals surface area contributed by atoms with E-state index in [-0.39, 0.29) is 41.2 Å². The number of benzene rings is 1. The summed E-state index contributed by atoms with van der Waals surface area (Å²) in [5.41, 5.74) is 2.05. The molecule has 1 N–H and O–H groups in total. The lowest BCUT2D eigenvalue weighted by Crippen LogP contribution is -2.31. The van der Waals surface area contributed by atoms with Crippen molar-refractivity contribution in [2.75, 3.05) is 18.1 Å². The van der Waals surface area contributed by atoms with Gasteiger partial charge in [0.15, 0.2) is 17.2 Å². The maximum Gasteiger partial charge on any atom is 0.413 e. The zero-order valence-electron chi connectivity index (χ0n) is 16.8. The molecule has 0 aliphatic carbocycles. The number of carbonyl (C=O) groups is 1. The van der Waals surface area contributed by atoms with Crippen molar-refractivity contribution in [1.82, 2.24) is 24.6 Å². The molecular weight excluding hydrogens is 455 g/mol. The van der Waals surface area contributed by atoms with Gasteiger partial charge in [0.2, 0.25) is 0 Å². The van der Waals surface area contributed by atoms with Crippen LogP contribution in [0.2, 0.25) is 5.02 Å². The molecule has 2 aliphatic rings. The highest BCUT2D eigenvalue weighted by Gasteiger charge is 2.35. The van der Waals surface area contributed by atoms with Crippen molar-refractivity contribution in [3.05, 3.63) is 59.0 Å². The fourth-order valence-electron chi connectivity index (χ4n) is 4.34. The van der Waals surface area contributed by atoms with Crippen LogP contribution in [0.15, 0.2) is 37.1 Å². The molecule has 166 valence electrons. The van der Waals surface area contributed by atoms with Crippen LogP contribution in [0.1, 0.15) is 17.0 Å². The molecule has 5 heterocycles. The van der Waals surface area contributed by atoms with Gasteiger partial charge in [0.25, 0.3) is 0 Å². The molecule has 6 rings (SSSR count). The van der Waals surface area contributed by atoms with Gasteiger partial charge in [0.1, 0.15) is 24.2 Å². The van der Waals surface area contributed by atoms with Crippen molar-refractivity contribution in [1.29, 1.82) is 0 Å². The molecule has 33 heavy (non-hydrogen) atoms. The number of hydrogen-bond donors (Lipinski definition) is 1. The molecule has 0 saturated heterocycles. The molecule has 1 amide bonds. The second-order valence-electron chi connectivity index (χ2n) is 7.62. The van der Waals surface area contributed by atoms with E-state index in [0.29, 0.717) is 34.8 Å². The van der Waals surface area contributed by atoms with Gasteiger partial charge >= 0.3 is 6.09 Å². The van der Waals surface area contributed by atoms with Crippen LogP contribution in [-0.2, 0) is 6.54 Å². The van der Waals surface area contributed by atoms with Crippen LogP contribution in [0.3, 0.4) is 0 Å². The molecule has 0 fully saturated rings. The lowest BCUT2D eigenvalue weighted by molar-refractivity contribution is 0.200. The Morgan fingerprint density at radius 1 is 1.24 bits per heavy atom. The summed E-state index contributed by atoms with van der Waals surface area (Å²) in [5, 5.41) is 18.5. The average molecular weight is 469 g/mol. The fourth-order valence-corrected chi connectivity index (χ4v) is 4.55. The highest BCUT2D eigenvalue weighted by molar-refractivity contribution is 6.33. The monoisotopic (exact) mass is 468 g/mol. The Balaban J connectivity index is 1.62. The molecule has 0 saturated carbocycles. The first-order valence-corrected chi connectivity index (χ1v) is 10.3. The molecule has 12 heteroatoms. The zero-order chi connectivity index (χ0) is 22.7. The minimum atomic E-state index is -1.29. The maximum atomic E-state index is 14.9. The standard InChI is InChI=1S/C21H14ClFN6O4/c22-13-4-24-8-25-18(13)11-3-16-20(29-9-26-27-19(11)29)28(21(30)31)5-12-14(23)1-2-15-17(12)10(6-32-15)7-33-16/h1-4,8-10H,5-7H2,(H,30,31)/t10-/m0/s1. The van der Waals surface area contributed by atoms with Crippen molar-refractivity contribution in [2.24, 2.45) is 0 Å². The first-order chi connectivity index (χ1) is 16.0. The highest BCUT2D eigenvalue weighted by Crippen LogP contribution is 2.43. The zero-order valence-corrected chi connectivity index (χ0v) is 17.5. The number of pyridine rings is 1.